The van der Waals surface area contributed by atoms with Crippen LogP contribution in [-0.2, 0) is 4.74 Å². The van der Waals surface area contributed by atoms with Gasteiger partial charge < -0.3 is 10.1 Å². The summed E-state index contributed by atoms with van der Waals surface area (Å²) in [6, 6.07) is 6.57. The minimum atomic E-state index is 0.240. The van der Waals surface area contributed by atoms with E-state index in [0.717, 1.165) is 41.7 Å². The van der Waals surface area contributed by atoms with Gasteiger partial charge in [0.15, 0.2) is 0 Å². The molecule has 0 bridgehead atoms. The number of hydrogen-bond acceptors (Lipinski definition) is 3. The fraction of sp³-hybridized carbons (Fsp3) is 0.600. The smallest absolute Gasteiger partial charge is 0.0860 e. The van der Waals surface area contributed by atoms with Crippen LogP contribution in [0.2, 0.25) is 5.02 Å². The Hall–Kier alpha value is -0.220. The molecule has 19 heavy (non-hydrogen) atoms. The van der Waals surface area contributed by atoms with E-state index in [1.54, 1.807) is 0 Å². The molecule has 1 aromatic rings. The van der Waals surface area contributed by atoms with Gasteiger partial charge >= 0.3 is 0 Å². The number of nitrogens with one attached hydrogen (secondary N) is 1. The molecule has 0 aliphatic carbocycles. The molecule has 2 rings (SSSR count). The zero-order valence-corrected chi connectivity index (χ0v) is 13.2. The van der Waals surface area contributed by atoms with E-state index in [1.165, 1.54) is 5.56 Å². The third-order valence-corrected chi connectivity index (χ3v) is 4.81. The van der Waals surface area contributed by atoms with Crippen LogP contribution in [0.1, 0.15) is 30.5 Å². The fourth-order valence-corrected chi connectivity index (χ4v) is 3.36. The highest BCUT2D eigenvalue weighted by Crippen LogP contribution is 2.28. The predicted molar refractivity (Wildman–Crippen MR) is 84.3 cm³/mol. The number of thioether (sulfide) groups is 1. The monoisotopic (exact) mass is 299 g/mol. The first kappa shape index (κ1) is 15.2. The van der Waals surface area contributed by atoms with E-state index in [4.69, 9.17) is 16.3 Å². The van der Waals surface area contributed by atoms with Crippen LogP contribution in [-0.4, -0.2) is 30.8 Å². The van der Waals surface area contributed by atoms with Crippen LogP contribution >= 0.6 is 23.4 Å². The number of halogens is 1. The minimum Gasteiger partial charge on any atom is -0.375 e. The number of ether oxygens (including phenoxy) is 1. The summed E-state index contributed by atoms with van der Waals surface area (Å²) >= 11 is 8.23. The second kappa shape index (κ2) is 7.53. The second-order valence-electron chi connectivity index (χ2n) is 4.92. The molecule has 0 saturated carbocycles. The first-order valence-corrected chi connectivity index (χ1v) is 8.44. The zero-order valence-electron chi connectivity index (χ0n) is 11.6. The molecule has 1 fully saturated rings. The molecule has 2 atom stereocenters. The third-order valence-electron chi connectivity index (χ3n) is 3.38. The fourth-order valence-electron chi connectivity index (χ4n) is 2.26. The van der Waals surface area contributed by atoms with Gasteiger partial charge in [0.1, 0.15) is 0 Å². The van der Waals surface area contributed by atoms with Gasteiger partial charge in [0, 0.05) is 16.5 Å². The summed E-state index contributed by atoms with van der Waals surface area (Å²) in [5.74, 6) is 2.15. The number of rotatable bonds is 5. The van der Waals surface area contributed by atoms with Crippen LogP contribution in [0.15, 0.2) is 18.2 Å². The molecule has 1 heterocycles. The van der Waals surface area contributed by atoms with E-state index in [9.17, 15) is 0 Å². The van der Waals surface area contributed by atoms with Crippen molar-refractivity contribution in [3.63, 3.8) is 0 Å². The van der Waals surface area contributed by atoms with E-state index in [-0.39, 0.29) is 12.1 Å². The topological polar surface area (TPSA) is 21.3 Å². The van der Waals surface area contributed by atoms with E-state index < -0.39 is 0 Å². The van der Waals surface area contributed by atoms with Gasteiger partial charge in [0.05, 0.1) is 18.8 Å². The number of benzene rings is 1. The van der Waals surface area contributed by atoms with E-state index in [2.05, 4.69) is 30.4 Å². The van der Waals surface area contributed by atoms with Gasteiger partial charge in [0.25, 0.3) is 0 Å². The summed E-state index contributed by atoms with van der Waals surface area (Å²) in [7, 11) is 0. The van der Waals surface area contributed by atoms with E-state index in [0.29, 0.717) is 0 Å². The van der Waals surface area contributed by atoms with Gasteiger partial charge in [-0.05, 0) is 37.1 Å². The standard InChI is InChI=1S/C15H22ClNOS/c1-3-6-17-15(14-10-19-8-7-18-14)12-5-4-11(2)13(16)9-12/h4-5,9,14-15,17H,3,6-8,10H2,1-2H3. The molecule has 4 heteroatoms. The van der Waals surface area contributed by atoms with Crippen LogP contribution in [0.4, 0.5) is 0 Å². The Morgan fingerprint density at radius 2 is 2.37 bits per heavy atom. The summed E-state index contributed by atoms with van der Waals surface area (Å²) in [5.41, 5.74) is 2.36. The largest absolute Gasteiger partial charge is 0.375 e. The second-order valence-corrected chi connectivity index (χ2v) is 6.48. The summed E-state index contributed by atoms with van der Waals surface area (Å²) in [6.45, 7) is 6.07. The molecule has 1 saturated heterocycles. The number of aryl methyl sites for hydroxylation is 1. The van der Waals surface area contributed by atoms with Gasteiger partial charge in [-0.25, -0.2) is 0 Å². The van der Waals surface area contributed by atoms with Gasteiger partial charge in [-0.15, -0.1) is 0 Å². The molecular weight excluding hydrogens is 278 g/mol. The maximum atomic E-state index is 6.26. The lowest BCUT2D eigenvalue weighted by Gasteiger charge is -2.31. The maximum absolute atomic E-state index is 6.26. The molecule has 1 N–H and O–H groups in total. The van der Waals surface area contributed by atoms with Crippen molar-refractivity contribution in [2.75, 3.05) is 24.7 Å². The Balaban J connectivity index is 2.17. The van der Waals surface area contributed by atoms with Crippen molar-refractivity contribution in [3.05, 3.63) is 34.3 Å². The van der Waals surface area contributed by atoms with Crippen molar-refractivity contribution >= 4 is 23.4 Å². The maximum Gasteiger partial charge on any atom is 0.0860 e. The van der Waals surface area contributed by atoms with Crippen molar-refractivity contribution in [2.24, 2.45) is 0 Å². The van der Waals surface area contributed by atoms with Gasteiger partial charge in [-0.3, -0.25) is 0 Å². The molecular formula is C15H22ClNOS. The van der Waals surface area contributed by atoms with Crippen LogP contribution < -0.4 is 5.32 Å². The van der Waals surface area contributed by atoms with Crippen molar-refractivity contribution in [1.29, 1.82) is 0 Å². The lowest BCUT2D eigenvalue weighted by atomic mass is 10.0. The molecule has 0 spiro atoms. The van der Waals surface area contributed by atoms with Crippen LogP contribution in [0, 0.1) is 6.92 Å². The summed E-state index contributed by atoms with van der Waals surface area (Å²) in [6.07, 6.45) is 1.36. The Kier molecular flexibility index (Phi) is 6.02. The molecule has 1 aliphatic heterocycles. The summed E-state index contributed by atoms with van der Waals surface area (Å²) < 4.78 is 5.94. The Labute approximate surface area is 125 Å². The molecule has 1 aromatic carbocycles. The first-order valence-electron chi connectivity index (χ1n) is 6.91. The molecule has 0 amide bonds. The molecule has 2 nitrogen and oxygen atoms in total. The van der Waals surface area contributed by atoms with Gasteiger partial charge in [-0.2, -0.15) is 11.8 Å². The summed E-state index contributed by atoms with van der Waals surface area (Å²) in [5, 5.41) is 4.44. The molecule has 106 valence electrons. The summed E-state index contributed by atoms with van der Waals surface area (Å²) in [4.78, 5) is 0. The molecule has 2 unspecified atom stereocenters. The van der Waals surface area contributed by atoms with Crippen LogP contribution in [0.25, 0.3) is 0 Å². The van der Waals surface area contributed by atoms with E-state index in [1.807, 2.05) is 18.7 Å². The lowest BCUT2D eigenvalue weighted by Crippen LogP contribution is -2.38. The molecule has 0 aromatic heterocycles. The SMILES string of the molecule is CCCNC(c1ccc(C)c(Cl)c1)C1CSCCO1. The average Bonchev–Trinajstić information content (AvgIpc) is 2.44. The normalized spacial score (nSPS) is 21.3. The highest BCUT2D eigenvalue weighted by molar-refractivity contribution is 7.99. The highest BCUT2D eigenvalue weighted by Gasteiger charge is 2.26. The average molecular weight is 300 g/mol. The lowest BCUT2D eigenvalue weighted by molar-refractivity contribution is 0.0468. The Morgan fingerprint density at radius 3 is 3.00 bits per heavy atom. The Morgan fingerprint density at radius 1 is 1.53 bits per heavy atom. The quantitative estimate of drug-likeness (QED) is 0.893. The molecule has 0 radical (unpaired) electrons. The molecule has 1 aliphatic rings. The highest BCUT2D eigenvalue weighted by atomic mass is 35.5. The van der Waals surface area contributed by atoms with E-state index >= 15 is 0 Å². The zero-order chi connectivity index (χ0) is 13.7. The Bertz CT molecular complexity index is 407. The van der Waals surface area contributed by atoms with Crippen LogP contribution in [0.5, 0.6) is 0 Å². The first-order chi connectivity index (χ1) is 9.22. The van der Waals surface area contributed by atoms with Crippen molar-refractivity contribution in [1.82, 2.24) is 5.32 Å². The minimum absolute atomic E-state index is 0.240. The third kappa shape index (κ3) is 4.12. The van der Waals surface area contributed by atoms with Crippen LogP contribution in [0.3, 0.4) is 0 Å². The van der Waals surface area contributed by atoms with Crippen molar-refractivity contribution < 1.29 is 4.74 Å². The van der Waals surface area contributed by atoms with Crippen molar-refractivity contribution in [2.45, 2.75) is 32.4 Å². The van der Waals surface area contributed by atoms with Gasteiger partial charge in [0.2, 0.25) is 0 Å². The predicted octanol–water partition coefficient (Wildman–Crippen LogP) is 3.82. The van der Waals surface area contributed by atoms with Gasteiger partial charge in [-0.1, -0.05) is 30.7 Å². The van der Waals surface area contributed by atoms with Crippen molar-refractivity contribution in [3.8, 4) is 0 Å². The number of hydrogen-bond donors (Lipinski definition) is 1.